The van der Waals surface area contributed by atoms with E-state index in [1.807, 2.05) is 6.92 Å². The molecule has 1 aromatic heterocycles. The van der Waals surface area contributed by atoms with Crippen molar-refractivity contribution in [3.05, 3.63) is 23.9 Å². The number of hydrogen-bond acceptors (Lipinski definition) is 5. The van der Waals surface area contributed by atoms with E-state index >= 15 is 0 Å². The van der Waals surface area contributed by atoms with Gasteiger partial charge in [-0.15, -0.1) is 11.8 Å². The first-order valence-electron chi connectivity index (χ1n) is 5.80. The van der Waals surface area contributed by atoms with Crippen molar-refractivity contribution in [1.82, 2.24) is 10.3 Å². The van der Waals surface area contributed by atoms with Gasteiger partial charge in [0, 0.05) is 18.5 Å². The predicted octanol–water partition coefficient (Wildman–Crippen LogP) is 1.03. The second-order valence-electron chi connectivity index (χ2n) is 3.49. The quantitative estimate of drug-likeness (QED) is 0.693. The fourth-order valence-corrected chi connectivity index (χ4v) is 1.87. The number of nitrogens with one attached hydrogen (secondary N) is 1. The maximum atomic E-state index is 11.9. The summed E-state index contributed by atoms with van der Waals surface area (Å²) in [7, 11) is 0. The zero-order chi connectivity index (χ0) is 14.1. The largest absolute Gasteiger partial charge is 0.481 e. The van der Waals surface area contributed by atoms with Crippen molar-refractivity contribution in [2.24, 2.45) is 0 Å². The number of carbonyl (C=O) groups is 2. The molecular formula is C12H16N2O4S. The molecular weight excluding hydrogens is 268 g/mol. The Morgan fingerprint density at radius 1 is 1.53 bits per heavy atom. The van der Waals surface area contributed by atoms with Gasteiger partial charge in [0.2, 0.25) is 5.88 Å². The highest BCUT2D eigenvalue weighted by molar-refractivity contribution is 7.99. The average molecular weight is 284 g/mol. The van der Waals surface area contributed by atoms with Crippen molar-refractivity contribution in [1.29, 1.82) is 0 Å². The van der Waals surface area contributed by atoms with Gasteiger partial charge in [-0.1, -0.05) is 0 Å². The molecule has 104 valence electrons. The van der Waals surface area contributed by atoms with E-state index in [2.05, 4.69) is 10.3 Å². The Labute approximate surface area is 115 Å². The molecule has 0 saturated heterocycles. The smallest absolute Gasteiger partial charge is 0.313 e. The first-order valence-corrected chi connectivity index (χ1v) is 6.96. The Hall–Kier alpha value is -1.76. The normalized spacial score (nSPS) is 9.95. The molecule has 1 rings (SSSR count). The van der Waals surface area contributed by atoms with Crippen LogP contribution in [0.2, 0.25) is 0 Å². The first-order chi connectivity index (χ1) is 9.15. The summed E-state index contributed by atoms with van der Waals surface area (Å²) in [6.45, 7) is 2.65. The van der Waals surface area contributed by atoms with Gasteiger partial charge in [-0.2, -0.15) is 0 Å². The van der Waals surface area contributed by atoms with Crippen LogP contribution in [-0.2, 0) is 4.79 Å². The third-order valence-electron chi connectivity index (χ3n) is 2.05. The van der Waals surface area contributed by atoms with Crippen molar-refractivity contribution in [3.63, 3.8) is 0 Å². The molecule has 1 heterocycles. The van der Waals surface area contributed by atoms with E-state index in [-0.39, 0.29) is 11.7 Å². The second kappa shape index (κ2) is 8.36. The van der Waals surface area contributed by atoms with Gasteiger partial charge in [0.15, 0.2) is 0 Å². The molecule has 0 saturated carbocycles. The number of rotatable bonds is 8. The van der Waals surface area contributed by atoms with Crippen LogP contribution in [0.15, 0.2) is 18.3 Å². The number of carboxylic acids is 1. The molecule has 7 heteroatoms. The Morgan fingerprint density at radius 2 is 2.32 bits per heavy atom. The molecule has 0 aromatic carbocycles. The lowest BCUT2D eigenvalue weighted by Gasteiger charge is -2.08. The summed E-state index contributed by atoms with van der Waals surface area (Å²) in [5.41, 5.74) is 0.382. The number of carboxylic acid groups (broad SMARTS) is 1. The molecule has 0 spiro atoms. The number of pyridine rings is 1. The van der Waals surface area contributed by atoms with Crippen LogP contribution >= 0.6 is 11.8 Å². The summed E-state index contributed by atoms with van der Waals surface area (Å²) in [6.07, 6.45) is 1.56. The number of hydrogen-bond donors (Lipinski definition) is 2. The molecule has 0 aliphatic carbocycles. The summed E-state index contributed by atoms with van der Waals surface area (Å²) in [5.74, 6) is -0.245. The van der Waals surface area contributed by atoms with E-state index in [0.29, 0.717) is 30.3 Å². The zero-order valence-electron chi connectivity index (χ0n) is 10.6. The molecule has 0 bridgehead atoms. The number of nitrogens with zero attached hydrogens (tertiary/aromatic N) is 1. The van der Waals surface area contributed by atoms with E-state index in [1.54, 1.807) is 18.3 Å². The van der Waals surface area contributed by atoms with Gasteiger partial charge >= 0.3 is 5.97 Å². The monoisotopic (exact) mass is 284 g/mol. The number of amides is 1. The van der Waals surface area contributed by atoms with E-state index < -0.39 is 5.97 Å². The molecule has 0 aliphatic heterocycles. The van der Waals surface area contributed by atoms with Gasteiger partial charge in [0.05, 0.1) is 12.4 Å². The van der Waals surface area contributed by atoms with Crippen molar-refractivity contribution < 1.29 is 19.4 Å². The van der Waals surface area contributed by atoms with E-state index in [4.69, 9.17) is 9.84 Å². The molecule has 6 nitrogen and oxygen atoms in total. The highest BCUT2D eigenvalue weighted by atomic mass is 32.2. The van der Waals surface area contributed by atoms with E-state index in [9.17, 15) is 9.59 Å². The minimum absolute atomic E-state index is 0.0347. The van der Waals surface area contributed by atoms with Crippen LogP contribution in [0.4, 0.5) is 0 Å². The number of ether oxygens (including phenoxy) is 1. The number of carbonyl (C=O) groups excluding carboxylic acids is 1. The van der Waals surface area contributed by atoms with Crippen LogP contribution in [0.25, 0.3) is 0 Å². The van der Waals surface area contributed by atoms with Gasteiger partial charge in [0.25, 0.3) is 5.91 Å². The van der Waals surface area contributed by atoms with Crippen molar-refractivity contribution in [3.8, 4) is 5.88 Å². The molecule has 2 N–H and O–H groups in total. The fraction of sp³-hybridized carbons (Fsp3) is 0.417. The number of aromatic nitrogens is 1. The van der Waals surface area contributed by atoms with Crippen molar-refractivity contribution >= 4 is 23.6 Å². The Balaban J connectivity index is 2.43. The lowest BCUT2D eigenvalue weighted by atomic mass is 10.2. The molecule has 1 aromatic rings. The van der Waals surface area contributed by atoms with E-state index in [1.165, 1.54) is 11.8 Å². The maximum Gasteiger partial charge on any atom is 0.313 e. The topological polar surface area (TPSA) is 88.5 Å². The number of aliphatic carboxylic acids is 1. The molecule has 0 fully saturated rings. The second-order valence-corrected chi connectivity index (χ2v) is 4.60. The zero-order valence-corrected chi connectivity index (χ0v) is 11.4. The lowest BCUT2D eigenvalue weighted by Crippen LogP contribution is -2.26. The highest BCUT2D eigenvalue weighted by Crippen LogP contribution is 2.13. The van der Waals surface area contributed by atoms with E-state index in [0.717, 1.165) is 0 Å². The first kappa shape index (κ1) is 15.3. The summed E-state index contributed by atoms with van der Waals surface area (Å²) in [5, 5.41) is 11.2. The third kappa shape index (κ3) is 5.60. The van der Waals surface area contributed by atoms with Gasteiger partial charge in [-0.05, 0) is 19.1 Å². The van der Waals surface area contributed by atoms with Crippen LogP contribution in [0.1, 0.15) is 17.3 Å². The van der Waals surface area contributed by atoms with Crippen molar-refractivity contribution in [2.45, 2.75) is 6.92 Å². The molecule has 0 atom stereocenters. The van der Waals surface area contributed by atoms with Gasteiger partial charge < -0.3 is 15.2 Å². The van der Waals surface area contributed by atoms with Gasteiger partial charge in [-0.25, -0.2) is 4.98 Å². The van der Waals surface area contributed by atoms with Crippen LogP contribution in [0.3, 0.4) is 0 Å². The Kier molecular flexibility index (Phi) is 6.73. The minimum Gasteiger partial charge on any atom is -0.481 e. The van der Waals surface area contributed by atoms with Gasteiger partial charge in [0.1, 0.15) is 5.56 Å². The Bertz CT molecular complexity index is 439. The fourth-order valence-electron chi connectivity index (χ4n) is 1.31. The highest BCUT2D eigenvalue weighted by Gasteiger charge is 2.12. The summed E-state index contributed by atoms with van der Waals surface area (Å²) < 4.78 is 5.26. The molecule has 19 heavy (non-hydrogen) atoms. The average Bonchev–Trinajstić information content (AvgIpc) is 2.39. The lowest BCUT2D eigenvalue weighted by molar-refractivity contribution is -0.133. The van der Waals surface area contributed by atoms with Crippen LogP contribution in [0.5, 0.6) is 5.88 Å². The van der Waals surface area contributed by atoms with Crippen LogP contribution in [-0.4, -0.2) is 46.6 Å². The summed E-state index contributed by atoms with van der Waals surface area (Å²) in [6, 6.07) is 3.30. The van der Waals surface area contributed by atoms with Crippen molar-refractivity contribution in [2.75, 3.05) is 24.7 Å². The maximum absolute atomic E-state index is 11.9. The standard InChI is InChI=1S/C12H16N2O4S/c1-2-18-12-9(4-3-5-14-12)11(17)13-6-7-19-8-10(15)16/h3-5H,2,6-8H2,1H3,(H,13,17)(H,15,16). The molecule has 1 amide bonds. The Morgan fingerprint density at radius 3 is 3.00 bits per heavy atom. The number of thioether (sulfide) groups is 1. The summed E-state index contributed by atoms with van der Waals surface area (Å²) >= 11 is 1.25. The van der Waals surface area contributed by atoms with Gasteiger partial charge in [-0.3, -0.25) is 9.59 Å². The van der Waals surface area contributed by atoms with Crippen LogP contribution < -0.4 is 10.1 Å². The predicted molar refractivity (Wildman–Crippen MR) is 72.7 cm³/mol. The SMILES string of the molecule is CCOc1ncccc1C(=O)NCCSCC(=O)O. The summed E-state index contributed by atoms with van der Waals surface area (Å²) in [4.78, 5) is 26.2. The molecule has 0 aliphatic rings. The van der Waals surface area contributed by atoms with Crippen LogP contribution in [0, 0.1) is 0 Å². The minimum atomic E-state index is -0.859. The molecule has 0 unspecified atom stereocenters. The third-order valence-corrected chi connectivity index (χ3v) is 3.00. The molecule has 0 radical (unpaired) electrons.